The maximum absolute atomic E-state index is 14.8. The Morgan fingerprint density at radius 2 is 1.92 bits per heavy atom. The number of likely N-dealkylation sites (N-methyl/N-ethyl adjacent to an activating group) is 1. The van der Waals surface area contributed by atoms with Gasteiger partial charge < -0.3 is 9.47 Å². The smallest absolute Gasteiger partial charge is 0.172 e. The van der Waals surface area contributed by atoms with E-state index in [0.717, 1.165) is 50.4 Å². The van der Waals surface area contributed by atoms with Crippen molar-refractivity contribution in [2.24, 2.45) is 0 Å². The third-order valence-corrected chi connectivity index (χ3v) is 7.83. The van der Waals surface area contributed by atoms with E-state index in [1.54, 1.807) is 18.3 Å². The Morgan fingerprint density at radius 3 is 2.59 bits per heavy atom. The first-order chi connectivity index (χ1) is 18.9. The Hall–Kier alpha value is -3.48. The van der Waals surface area contributed by atoms with Crippen LogP contribution in [0.2, 0.25) is 0 Å². The number of likely N-dealkylation sites (tertiary alicyclic amines) is 1. The molecule has 6 rings (SSSR count). The molecule has 0 aromatic carbocycles. The minimum absolute atomic E-state index is 0.172. The van der Waals surface area contributed by atoms with Crippen LogP contribution in [0.4, 0.5) is 8.78 Å². The van der Waals surface area contributed by atoms with Crippen LogP contribution in [-0.4, -0.2) is 92.4 Å². The fourth-order valence-electron chi connectivity index (χ4n) is 5.42. The highest BCUT2D eigenvalue weighted by molar-refractivity contribution is 5.70. The van der Waals surface area contributed by atoms with Crippen molar-refractivity contribution >= 4 is 5.52 Å². The predicted molar refractivity (Wildman–Crippen MR) is 139 cm³/mol. The summed E-state index contributed by atoms with van der Waals surface area (Å²) in [6, 6.07) is 5.32. The van der Waals surface area contributed by atoms with E-state index in [-0.39, 0.29) is 24.2 Å². The van der Waals surface area contributed by atoms with Crippen LogP contribution in [0.25, 0.3) is 16.8 Å². The molecule has 2 fully saturated rings. The van der Waals surface area contributed by atoms with Crippen molar-refractivity contribution < 1.29 is 18.3 Å². The minimum atomic E-state index is -0.484. The summed E-state index contributed by atoms with van der Waals surface area (Å²) in [4.78, 5) is 8.63. The Balaban J connectivity index is 1.26. The van der Waals surface area contributed by atoms with E-state index in [1.807, 2.05) is 30.6 Å². The second-order valence-corrected chi connectivity index (χ2v) is 10.5. The molecule has 0 aliphatic carbocycles. The van der Waals surface area contributed by atoms with E-state index < -0.39 is 11.6 Å². The van der Waals surface area contributed by atoms with E-state index >= 15 is 0 Å². The zero-order valence-corrected chi connectivity index (χ0v) is 22.3. The van der Waals surface area contributed by atoms with Gasteiger partial charge in [0, 0.05) is 24.8 Å². The maximum atomic E-state index is 14.8. The van der Waals surface area contributed by atoms with Crippen LogP contribution in [-0.2, 0) is 4.74 Å². The third-order valence-electron chi connectivity index (χ3n) is 7.83. The molecule has 1 unspecified atom stereocenters. The average Bonchev–Trinajstić information content (AvgIpc) is 3.47. The molecule has 2 aliphatic heterocycles. The molecule has 1 atom stereocenters. The molecule has 206 valence electrons. The van der Waals surface area contributed by atoms with Gasteiger partial charge in [0.15, 0.2) is 5.82 Å². The molecule has 0 N–H and O–H groups in total. The van der Waals surface area contributed by atoms with Crippen LogP contribution >= 0.6 is 0 Å². The number of pyridine rings is 2. The van der Waals surface area contributed by atoms with Gasteiger partial charge in [-0.25, -0.2) is 18.0 Å². The highest BCUT2D eigenvalue weighted by atomic mass is 19.1. The standard InChI is InChI=1S/C27H32F2N8O2/c1-17-26(32-33-37(17)20-6-8-35(9-7-20)21-14-38-15-21)18-10-25(27-22(29)12-31-36(27)13-18)39-16-24(34(2)3)23-5-4-19(28)11-30-23/h4-5,10-13,20-21,24H,6-9,14-16H2,1-3H3. The zero-order valence-electron chi connectivity index (χ0n) is 22.3. The van der Waals surface area contributed by atoms with E-state index in [4.69, 9.17) is 9.47 Å². The summed E-state index contributed by atoms with van der Waals surface area (Å²) < 4.78 is 43.2. The van der Waals surface area contributed by atoms with Gasteiger partial charge in [-0.3, -0.25) is 14.8 Å². The molecular weight excluding hydrogens is 506 g/mol. The van der Waals surface area contributed by atoms with Gasteiger partial charge in [-0.05, 0) is 52.1 Å². The summed E-state index contributed by atoms with van der Waals surface area (Å²) in [7, 11) is 3.77. The van der Waals surface area contributed by atoms with Crippen LogP contribution in [0.3, 0.4) is 0 Å². The van der Waals surface area contributed by atoms with Gasteiger partial charge in [-0.1, -0.05) is 5.21 Å². The molecule has 0 bridgehead atoms. The Morgan fingerprint density at radius 1 is 1.13 bits per heavy atom. The predicted octanol–water partition coefficient (Wildman–Crippen LogP) is 3.29. The molecule has 0 radical (unpaired) electrons. The number of ether oxygens (including phenoxy) is 2. The number of aromatic nitrogens is 6. The van der Waals surface area contributed by atoms with Gasteiger partial charge in [-0.15, -0.1) is 5.10 Å². The second kappa shape index (κ2) is 10.6. The van der Waals surface area contributed by atoms with Crippen molar-refractivity contribution in [3.63, 3.8) is 0 Å². The summed E-state index contributed by atoms with van der Waals surface area (Å²) in [6.07, 6.45) is 6.10. The van der Waals surface area contributed by atoms with Crippen LogP contribution in [0.15, 0.2) is 36.8 Å². The van der Waals surface area contributed by atoms with Crippen molar-refractivity contribution in [3.8, 4) is 17.0 Å². The zero-order chi connectivity index (χ0) is 27.1. The highest BCUT2D eigenvalue weighted by Gasteiger charge is 2.31. The highest BCUT2D eigenvalue weighted by Crippen LogP contribution is 2.33. The quantitative estimate of drug-likeness (QED) is 0.338. The topological polar surface area (TPSA) is 85.8 Å². The van der Waals surface area contributed by atoms with Crippen molar-refractivity contribution in [2.45, 2.75) is 37.9 Å². The lowest BCUT2D eigenvalue weighted by Crippen LogP contribution is -2.52. The normalized spacial score (nSPS) is 18.1. The first-order valence-electron chi connectivity index (χ1n) is 13.2. The van der Waals surface area contributed by atoms with Gasteiger partial charge in [0.1, 0.15) is 29.4 Å². The minimum Gasteiger partial charge on any atom is -0.489 e. The molecule has 2 aliphatic rings. The fourth-order valence-corrected chi connectivity index (χ4v) is 5.42. The monoisotopic (exact) mass is 538 g/mol. The van der Waals surface area contributed by atoms with E-state index in [0.29, 0.717) is 23.2 Å². The Labute approximate surface area is 225 Å². The van der Waals surface area contributed by atoms with Crippen molar-refractivity contribution in [1.82, 2.24) is 39.4 Å². The Bertz CT molecular complexity index is 1440. The summed E-state index contributed by atoms with van der Waals surface area (Å²) >= 11 is 0. The second-order valence-electron chi connectivity index (χ2n) is 10.5. The number of hydrogen-bond donors (Lipinski definition) is 0. The molecule has 39 heavy (non-hydrogen) atoms. The number of halogens is 2. The molecular formula is C27H32F2N8O2. The van der Waals surface area contributed by atoms with Gasteiger partial charge >= 0.3 is 0 Å². The van der Waals surface area contributed by atoms with Gasteiger partial charge in [0.05, 0.1) is 55.1 Å². The van der Waals surface area contributed by atoms with Crippen molar-refractivity contribution in [1.29, 1.82) is 0 Å². The summed E-state index contributed by atoms with van der Waals surface area (Å²) in [6.45, 7) is 5.87. The largest absolute Gasteiger partial charge is 0.489 e. The van der Waals surface area contributed by atoms with Crippen LogP contribution in [0, 0.1) is 18.6 Å². The van der Waals surface area contributed by atoms with Crippen molar-refractivity contribution in [2.75, 3.05) is 47.0 Å². The van der Waals surface area contributed by atoms with Crippen molar-refractivity contribution in [3.05, 3.63) is 59.8 Å². The molecule has 2 saturated heterocycles. The van der Waals surface area contributed by atoms with Gasteiger partial charge in [0.2, 0.25) is 0 Å². The molecule has 12 heteroatoms. The summed E-state index contributed by atoms with van der Waals surface area (Å²) in [5, 5.41) is 13.2. The number of nitrogens with zero attached hydrogens (tertiary/aromatic N) is 8. The summed E-state index contributed by atoms with van der Waals surface area (Å²) in [5.41, 5.74) is 3.27. The molecule has 6 heterocycles. The van der Waals surface area contributed by atoms with Gasteiger partial charge in [0.25, 0.3) is 0 Å². The van der Waals surface area contributed by atoms with Crippen LogP contribution in [0.1, 0.15) is 36.3 Å². The maximum Gasteiger partial charge on any atom is 0.172 e. The number of rotatable bonds is 8. The number of piperidine rings is 1. The van der Waals surface area contributed by atoms with E-state index in [9.17, 15) is 8.78 Å². The number of hydrogen-bond acceptors (Lipinski definition) is 8. The molecule has 10 nitrogen and oxygen atoms in total. The molecule has 0 amide bonds. The lowest BCUT2D eigenvalue weighted by molar-refractivity contribution is -0.0735. The average molecular weight is 539 g/mol. The molecule has 0 spiro atoms. The molecule has 0 saturated carbocycles. The first kappa shape index (κ1) is 25.8. The van der Waals surface area contributed by atoms with Crippen LogP contribution in [0.5, 0.6) is 5.75 Å². The number of fused-ring (bicyclic) bond motifs is 1. The lowest BCUT2D eigenvalue weighted by Gasteiger charge is -2.41. The van der Waals surface area contributed by atoms with Gasteiger partial charge in [-0.2, -0.15) is 5.10 Å². The van der Waals surface area contributed by atoms with Crippen LogP contribution < -0.4 is 4.74 Å². The lowest BCUT2D eigenvalue weighted by atomic mass is 10.0. The molecule has 4 aromatic heterocycles. The van der Waals surface area contributed by atoms with E-state index in [2.05, 4.69) is 25.3 Å². The fraction of sp³-hybridized carbons (Fsp3) is 0.481. The first-order valence-corrected chi connectivity index (χ1v) is 13.2. The SMILES string of the molecule is Cc1c(-c2cc(OCC(c3ccc(F)cn3)N(C)C)c3c(F)cnn3c2)nnn1C1CCN(C2COC2)CC1. The van der Waals surface area contributed by atoms with E-state index in [1.165, 1.54) is 23.0 Å². The molecule has 4 aromatic rings. The Kier molecular flexibility index (Phi) is 7.00. The summed E-state index contributed by atoms with van der Waals surface area (Å²) in [5.74, 6) is -0.557. The third kappa shape index (κ3) is 4.99.